The molecule has 7 nitrogen and oxygen atoms in total. The Morgan fingerprint density at radius 3 is 2.25 bits per heavy atom. The molecule has 0 aliphatic rings. The predicted octanol–water partition coefficient (Wildman–Crippen LogP) is -0.877. The third-order valence-corrected chi connectivity index (χ3v) is 3.87. The molecule has 0 aromatic carbocycles. The summed E-state index contributed by atoms with van der Waals surface area (Å²) in [5.41, 5.74) is 5.58. The van der Waals surface area contributed by atoms with Crippen molar-refractivity contribution in [1.29, 1.82) is 0 Å². The van der Waals surface area contributed by atoms with Crippen molar-refractivity contribution in [1.82, 2.24) is 10.2 Å². The lowest BCUT2D eigenvalue weighted by Gasteiger charge is -2.19. The Balaban J connectivity index is 4.01. The molecule has 20 heavy (non-hydrogen) atoms. The number of carbonyl (C=O) groups is 2. The lowest BCUT2D eigenvalue weighted by Crippen LogP contribution is -2.43. The summed E-state index contributed by atoms with van der Waals surface area (Å²) >= 11 is 0. The predicted molar refractivity (Wildman–Crippen MR) is 77.9 cm³/mol. The van der Waals surface area contributed by atoms with Crippen LogP contribution in [-0.2, 0) is 19.4 Å². The fraction of sp³-hybridized carbons (Fsp3) is 0.833. The van der Waals surface area contributed by atoms with Gasteiger partial charge in [-0.25, -0.2) is 8.42 Å². The Morgan fingerprint density at radius 2 is 1.80 bits per heavy atom. The number of hydrogen-bond acceptors (Lipinski definition) is 5. The van der Waals surface area contributed by atoms with Crippen molar-refractivity contribution in [3.63, 3.8) is 0 Å². The van der Waals surface area contributed by atoms with Gasteiger partial charge in [0.2, 0.25) is 11.8 Å². The van der Waals surface area contributed by atoms with Gasteiger partial charge < -0.3 is 16.0 Å². The lowest BCUT2D eigenvalue weighted by molar-refractivity contribution is -0.130. The van der Waals surface area contributed by atoms with E-state index in [0.29, 0.717) is 13.1 Å². The molecule has 0 rings (SSSR count). The number of amides is 2. The number of hydrogen-bond donors (Lipinski definition) is 2. The van der Waals surface area contributed by atoms with Gasteiger partial charge in [0, 0.05) is 32.3 Å². The van der Waals surface area contributed by atoms with Gasteiger partial charge in [-0.1, -0.05) is 0 Å². The largest absolute Gasteiger partial charge is 0.354 e. The van der Waals surface area contributed by atoms with Crippen molar-refractivity contribution in [3.05, 3.63) is 0 Å². The Bertz CT molecular complexity index is 418. The van der Waals surface area contributed by atoms with Gasteiger partial charge >= 0.3 is 0 Å². The van der Waals surface area contributed by atoms with E-state index in [1.165, 1.54) is 0 Å². The smallest absolute Gasteiger partial charge is 0.236 e. The van der Waals surface area contributed by atoms with Crippen molar-refractivity contribution < 1.29 is 18.0 Å². The first-order chi connectivity index (χ1) is 9.21. The Morgan fingerprint density at radius 1 is 1.25 bits per heavy atom. The highest BCUT2D eigenvalue weighted by Gasteiger charge is 2.16. The minimum Gasteiger partial charge on any atom is -0.354 e. The molecule has 0 aromatic rings. The Labute approximate surface area is 120 Å². The molecule has 118 valence electrons. The molecule has 0 fully saturated rings. The van der Waals surface area contributed by atoms with Crippen LogP contribution in [0, 0.1) is 0 Å². The van der Waals surface area contributed by atoms with E-state index in [4.69, 9.17) is 5.73 Å². The maximum atomic E-state index is 11.7. The van der Waals surface area contributed by atoms with Gasteiger partial charge in [0.25, 0.3) is 0 Å². The zero-order valence-corrected chi connectivity index (χ0v) is 13.2. The van der Waals surface area contributed by atoms with Crippen LogP contribution in [0.4, 0.5) is 0 Å². The average Bonchev–Trinajstić information content (AvgIpc) is 2.36. The summed E-state index contributed by atoms with van der Waals surface area (Å²) in [6, 6.07) is -0.867. The first-order valence-corrected chi connectivity index (χ1v) is 8.76. The van der Waals surface area contributed by atoms with E-state index < -0.39 is 21.8 Å². The van der Waals surface area contributed by atoms with Gasteiger partial charge in [-0.15, -0.1) is 0 Å². The van der Waals surface area contributed by atoms with Gasteiger partial charge in [0.15, 0.2) is 0 Å². The number of nitrogens with zero attached hydrogens (tertiary/aromatic N) is 1. The minimum absolute atomic E-state index is 0.0278. The number of nitrogens with one attached hydrogen (secondary N) is 1. The molecule has 0 aliphatic carbocycles. The third-order valence-electron chi connectivity index (χ3n) is 2.89. The van der Waals surface area contributed by atoms with Crippen LogP contribution in [-0.4, -0.2) is 62.8 Å². The highest BCUT2D eigenvalue weighted by molar-refractivity contribution is 7.90. The quantitative estimate of drug-likeness (QED) is 0.575. The van der Waals surface area contributed by atoms with Crippen molar-refractivity contribution in [2.45, 2.75) is 32.7 Å². The summed E-state index contributed by atoms with van der Waals surface area (Å²) in [6.45, 7) is 5.26. The Kier molecular flexibility index (Phi) is 8.40. The second-order valence-corrected chi connectivity index (χ2v) is 6.89. The van der Waals surface area contributed by atoms with Gasteiger partial charge in [0.05, 0.1) is 11.8 Å². The molecule has 3 N–H and O–H groups in total. The number of carbonyl (C=O) groups excluding carboxylic acids is 2. The first-order valence-electron chi connectivity index (χ1n) is 6.70. The van der Waals surface area contributed by atoms with Crippen molar-refractivity contribution in [3.8, 4) is 0 Å². The second kappa shape index (κ2) is 8.91. The molecule has 0 saturated heterocycles. The molecule has 0 heterocycles. The highest BCUT2D eigenvalue weighted by Crippen LogP contribution is 1.96. The van der Waals surface area contributed by atoms with Gasteiger partial charge in [-0.2, -0.15) is 0 Å². The molecule has 1 unspecified atom stereocenters. The van der Waals surface area contributed by atoms with Crippen LogP contribution in [0.1, 0.15) is 26.7 Å². The van der Waals surface area contributed by atoms with E-state index in [9.17, 15) is 18.0 Å². The normalized spacial score (nSPS) is 12.8. The van der Waals surface area contributed by atoms with E-state index in [2.05, 4.69) is 5.32 Å². The number of sulfone groups is 1. The van der Waals surface area contributed by atoms with Gasteiger partial charge in [-0.05, 0) is 20.3 Å². The van der Waals surface area contributed by atoms with Crippen LogP contribution >= 0.6 is 0 Å². The average molecular weight is 307 g/mol. The summed E-state index contributed by atoms with van der Waals surface area (Å²) in [4.78, 5) is 24.9. The molecule has 0 radical (unpaired) electrons. The van der Waals surface area contributed by atoms with E-state index in [1.54, 1.807) is 4.90 Å². The third kappa shape index (κ3) is 8.11. The van der Waals surface area contributed by atoms with E-state index in [1.807, 2.05) is 13.8 Å². The Hall–Kier alpha value is -1.15. The summed E-state index contributed by atoms with van der Waals surface area (Å²) in [6.07, 6.45) is 1.39. The highest BCUT2D eigenvalue weighted by atomic mass is 32.2. The van der Waals surface area contributed by atoms with E-state index in [-0.39, 0.29) is 31.0 Å². The maximum absolute atomic E-state index is 11.7. The van der Waals surface area contributed by atoms with Crippen molar-refractivity contribution >= 4 is 21.7 Å². The molecule has 0 bridgehead atoms. The molecule has 2 amide bonds. The molecule has 0 aromatic heterocycles. The number of rotatable bonds is 9. The molecule has 1 atom stereocenters. The summed E-state index contributed by atoms with van der Waals surface area (Å²) < 4.78 is 21.9. The van der Waals surface area contributed by atoms with Crippen LogP contribution in [0.15, 0.2) is 0 Å². The number of nitrogens with two attached hydrogens (primary N) is 1. The molecular weight excluding hydrogens is 282 g/mol. The monoisotopic (exact) mass is 307 g/mol. The molecule has 8 heteroatoms. The van der Waals surface area contributed by atoms with Crippen LogP contribution < -0.4 is 11.1 Å². The van der Waals surface area contributed by atoms with E-state index in [0.717, 1.165) is 6.26 Å². The zero-order chi connectivity index (χ0) is 15.8. The van der Waals surface area contributed by atoms with E-state index >= 15 is 0 Å². The van der Waals surface area contributed by atoms with Crippen LogP contribution in [0.2, 0.25) is 0 Å². The zero-order valence-electron chi connectivity index (χ0n) is 12.4. The van der Waals surface area contributed by atoms with Crippen LogP contribution in [0.3, 0.4) is 0 Å². The van der Waals surface area contributed by atoms with Gasteiger partial charge in [0.1, 0.15) is 9.84 Å². The first kappa shape index (κ1) is 18.9. The summed E-state index contributed by atoms with van der Waals surface area (Å²) in [5.74, 6) is -0.582. The van der Waals surface area contributed by atoms with Crippen molar-refractivity contribution in [2.24, 2.45) is 5.73 Å². The molecule has 0 aliphatic heterocycles. The summed E-state index contributed by atoms with van der Waals surface area (Å²) in [5, 5.41) is 2.55. The molecule has 0 spiro atoms. The molecular formula is C12H25N3O4S. The van der Waals surface area contributed by atoms with Crippen molar-refractivity contribution in [2.75, 3.05) is 31.6 Å². The minimum atomic E-state index is -3.13. The fourth-order valence-corrected chi connectivity index (χ4v) is 2.31. The van der Waals surface area contributed by atoms with Gasteiger partial charge in [-0.3, -0.25) is 9.59 Å². The molecule has 0 saturated carbocycles. The van der Waals surface area contributed by atoms with Crippen LogP contribution in [0.5, 0.6) is 0 Å². The summed E-state index contributed by atoms with van der Waals surface area (Å²) in [7, 11) is -3.13. The topological polar surface area (TPSA) is 110 Å². The lowest BCUT2D eigenvalue weighted by atomic mass is 10.2. The standard InChI is InChI=1S/C12H25N3O4S/c1-4-15(5-2)11(16)6-8-14-12(17)10(13)7-9-20(3,18)19/h10H,4-9,13H2,1-3H3,(H,14,17). The second-order valence-electron chi connectivity index (χ2n) is 4.63. The van der Waals surface area contributed by atoms with Crippen LogP contribution in [0.25, 0.3) is 0 Å². The SMILES string of the molecule is CCN(CC)C(=O)CCNC(=O)C(N)CCS(C)(=O)=O. The fourth-order valence-electron chi connectivity index (χ4n) is 1.63. The maximum Gasteiger partial charge on any atom is 0.236 e.